The van der Waals surface area contributed by atoms with Crippen molar-refractivity contribution in [1.82, 2.24) is 4.31 Å². The summed E-state index contributed by atoms with van der Waals surface area (Å²) in [6, 6.07) is 5.02. The Morgan fingerprint density at radius 1 is 1.47 bits per heavy atom. The first-order chi connectivity index (χ1) is 8.84. The first kappa shape index (κ1) is 14.5. The number of benzene rings is 1. The van der Waals surface area contributed by atoms with Crippen molar-refractivity contribution in [3.05, 3.63) is 28.2 Å². The van der Waals surface area contributed by atoms with E-state index in [0.29, 0.717) is 10.9 Å². The highest BCUT2D eigenvalue weighted by atomic mass is 79.9. The van der Waals surface area contributed by atoms with E-state index < -0.39 is 21.9 Å². The summed E-state index contributed by atoms with van der Waals surface area (Å²) in [5.74, 6) is -1.56. The molecule has 1 N–H and O–H groups in total. The Morgan fingerprint density at radius 2 is 2.16 bits per heavy atom. The van der Waals surface area contributed by atoms with Crippen LogP contribution >= 0.6 is 15.9 Å². The smallest absolute Gasteiger partial charge is 0.307 e. The van der Waals surface area contributed by atoms with Gasteiger partial charge in [0.1, 0.15) is 0 Å². The van der Waals surface area contributed by atoms with Crippen LogP contribution in [0.5, 0.6) is 0 Å². The molecule has 0 spiro atoms. The SMILES string of the molecule is Cc1cccc(S(=O)(=O)N2CCC(C(=O)O)C2)c1Br. The van der Waals surface area contributed by atoms with Crippen molar-refractivity contribution in [3.63, 3.8) is 0 Å². The van der Waals surface area contributed by atoms with Crippen molar-refractivity contribution in [1.29, 1.82) is 0 Å². The van der Waals surface area contributed by atoms with E-state index in [9.17, 15) is 13.2 Å². The predicted octanol–water partition coefficient (Wildman–Crippen LogP) is 1.85. The summed E-state index contributed by atoms with van der Waals surface area (Å²) in [5.41, 5.74) is 0.829. The quantitative estimate of drug-likeness (QED) is 0.905. The summed E-state index contributed by atoms with van der Waals surface area (Å²) < 4.78 is 26.7. The van der Waals surface area contributed by atoms with Gasteiger partial charge >= 0.3 is 5.97 Å². The zero-order valence-corrected chi connectivity index (χ0v) is 12.7. The molecule has 7 heteroatoms. The van der Waals surface area contributed by atoms with Crippen molar-refractivity contribution in [2.24, 2.45) is 5.92 Å². The zero-order chi connectivity index (χ0) is 14.2. The molecule has 19 heavy (non-hydrogen) atoms. The minimum atomic E-state index is -3.64. The van der Waals surface area contributed by atoms with Gasteiger partial charge in [-0.1, -0.05) is 12.1 Å². The molecule has 0 bridgehead atoms. The second-order valence-corrected chi connectivity index (χ2v) is 7.27. The van der Waals surface area contributed by atoms with Crippen molar-refractivity contribution in [2.45, 2.75) is 18.2 Å². The molecular formula is C12H14BrNO4S. The highest BCUT2D eigenvalue weighted by Crippen LogP contribution is 2.30. The molecular weight excluding hydrogens is 334 g/mol. The normalized spacial score (nSPS) is 20.6. The van der Waals surface area contributed by atoms with Crippen molar-refractivity contribution in [2.75, 3.05) is 13.1 Å². The second kappa shape index (κ2) is 5.22. The molecule has 0 aromatic heterocycles. The Bertz CT molecular complexity index is 614. The van der Waals surface area contributed by atoms with Crippen molar-refractivity contribution in [3.8, 4) is 0 Å². The van der Waals surface area contributed by atoms with Crippen LogP contribution in [0.4, 0.5) is 0 Å². The molecule has 104 valence electrons. The van der Waals surface area contributed by atoms with Gasteiger partial charge in [0.2, 0.25) is 10.0 Å². The number of carboxylic acids is 1. The maximum atomic E-state index is 12.5. The molecule has 1 aliphatic rings. The molecule has 0 radical (unpaired) electrons. The van der Waals surface area contributed by atoms with Crippen molar-refractivity contribution >= 4 is 31.9 Å². The summed E-state index contributed by atoms with van der Waals surface area (Å²) in [5, 5.41) is 8.94. The first-order valence-electron chi connectivity index (χ1n) is 5.82. The third-order valence-electron chi connectivity index (χ3n) is 3.27. The fourth-order valence-corrected chi connectivity index (χ4v) is 4.62. The van der Waals surface area contributed by atoms with E-state index in [-0.39, 0.29) is 18.0 Å². The number of rotatable bonds is 3. The van der Waals surface area contributed by atoms with Gasteiger partial charge in [-0.25, -0.2) is 8.42 Å². The number of carbonyl (C=O) groups is 1. The third-order valence-corrected chi connectivity index (χ3v) is 6.50. The van der Waals surface area contributed by atoms with E-state index in [4.69, 9.17) is 5.11 Å². The number of sulfonamides is 1. The van der Waals surface area contributed by atoms with E-state index in [1.807, 2.05) is 13.0 Å². The predicted molar refractivity (Wildman–Crippen MR) is 73.4 cm³/mol. The van der Waals surface area contributed by atoms with E-state index in [2.05, 4.69) is 15.9 Å². The molecule has 1 aliphatic heterocycles. The number of carboxylic acid groups (broad SMARTS) is 1. The molecule has 1 heterocycles. The van der Waals surface area contributed by atoms with Crippen LogP contribution in [0.15, 0.2) is 27.6 Å². The Labute approximate surface area is 120 Å². The fraction of sp³-hybridized carbons (Fsp3) is 0.417. The third kappa shape index (κ3) is 2.68. The molecule has 5 nitrogen and oxygen atoms in total. The van der Waals surface area contributed by atoms with Crippen LogP contribution in [0, 0.1) is 12.8 Å². The topological polar surface area (TPSA) is 74.7 Å². The van der Waals surface area contributed by atoms with Crippen LogP contribution < -0.4 is 0 Å². The maximum Gasteiger partial charge on any atom is 0.307 e. The summed E-state index contributed by atoms with van der Waals surface area (Å²) in [6.45, 7) is 2.10. The summed E-state index contributed by atoms with van der Waals surface area (Å²) in [4.78, 5) is 11.1. The van der Waals surface area contributed by atoms with Gasteiger partial charge in [-0.05, 0) is 40.9 Å². The van der Waals surface area contributed by atoms with Gasteiger partial charge in [0, 0.05) is 17.6 Å². The van der Waals surface area contributed by atoms with Crippen LogP contribution in [0.25, 0.3) is 0 Å². The molecule has 1 aromatic rings. The first-order valence-corrected chi connectivity index (χ1v) is 8.05. The van der Waals surface area contributed by atoms with Crippen LogP contribution in [-0.4, -0.2) is 36.9 Å². The monoisotopic (exact) mass is 347 g/mol. The number of hydrogen-bond donors (Lipinski definition) is 1. The lowest BCUT2D eigenvalue weighted by Crippen LogP contribution is -2.30. The van der Waals surface area contributed by atoms with Gasteiger partial charge in [0.05, 0.1) is 10.8 Å². The molecule has 2 rings (SSSR count). The van der Waals surface area contributed by atoms with Crippen LogP contribution in [0.1, 0.15) is 12.0 Å². The highest BCUT2D eigenvalue weighted by molar-refractivity contribution is 9.10. The number of nitrogens with zero attached hydrogens (tertiary/aromatic N) is 1. The highest BCUT2D eigenvalue weighted by Gasteiger charge is 2.36. The standard InChI is InChI=1S/C12H14BrNO4S/c1-8-3-2-4-10(11(8)13)19(17,18)14-6-5-9(7-14)12(15)16/h2-4,9H,5-7H2,1H3,(H,15,16). The van der Waals surface area contributed by atoms with Gasteiger partial charge in [0.25, 0.3) is 0 Å². The summed E-state index contributed by atoms with van der Waals surface area (Å²) in [7, 11) is -3.64. The average Bonchev–Trinajstić information content (AvgIpc) is 2.82. The lowest BCUT2D eigenvalue weighted by Gasteiger charge is -2.17. The minimum absolute atomic E-state index is 0.0397. The zero-order valence-electron chi connectivity index (χ0n) is 10.3. The largest absolute Gasteiger partial charge is 0.481 e. The molecule has 1 aromatic carbocycles. The molecule has 1 fully saturated rings. The Kier molecular flexibility index (Phi) is 3.98. The molecule has 1 unspecified atom stereocenters. The lowest BCUT2D eigenvalue weighted by molar-refractivity contribution is -0.141. The average molecular weight is 348 g/mol. The molecule has 1 atom stereocenters. The minimum Gasteiger partial charge on any atom is -0.481 e. The van der Waals surface area contributed by atoms with E-state index in [0.717, 1.165) is 5.56 Å². The summed E-state index contributed by atoms with van der Waals surface area (Å²) >= 11 is 3.28. The van der Waals surface area contributed by atoms with Crippen LogP contribution in [0.3, 0.4) is 0 Å². The fourth-order valence-electron chi connectivity index (χ4n) is 2.11. The van der Waals surface area contributed by atoms with Gasteiger partial charge in [-0.2, -0.15) is 4.31 Å². The van der Waals surface area contributed by atoms with Gasteiger partial charge in [0.15, 0.2) is 0 Å². The summed E-state index contributed by atoms with van der Waals surface area (Å²) in [6.07, 6.45) is 0.359. The molecule has 0 amide bonds. The molecule has 1 saturated heterocycles. The van der Waals surface area contributed by atoms with E-state index in [1.54, 1.807) is 6.07 Å². The van der Waals surface area contributed by atoms with Crippen LogP contribution in [0.2, 0.25) is 0 Å². The Balaban J connectivity index is 2.34. The Morgan fingerprint density at radius 3 is 2.74 bits per heavy atom. The number of hydrogen-bond acceptors (Lipinski definition) is 3. The van der Waals surface area contributed by atoms with Crippen molar-refractivity contribution < 1.29 is 18.3 Å². The lowest BCUT2D eigenvalue weighted by atomic mass is 10.1. The van der Waals surface area contributed by atoms with Gasteiger partial charge in [-0.15, -0.1) is 0 Å². The number of halogens is 1. The molecule has 0 saturated carbocycles. The van der Waals surface area contributed by atoms with Gasteiger partial charge < -0.3 is 5.11 Å². The van der Waals surface area contributed by atoms with E-state index in [1.165, 1.54) is 10.4 Å². The maximum absolute atomic E-state index is 12.5. The Hall–Kier alpha value is -0.920. The number of aliphatic carboxylic acids is 1. The van der Waals surface area contributed by atoms with Gasteiger partial charge in [-0.3, -0.25) is 4.79 Å². The van der Waals surface area contributed by atoms with E-state index >= 15 is 0 Å². The molecule has 0 aliphatic carbocycles. The number of aryl methyl sites for hydroxylation is 1. The van der Waals surface area contributed by atoms with Crippen LogP contribution in [-0.2, 0) is 14.8 Å². The second-order valence-electron chi connectivity index (χ2n) is 4.57.